The summed E-state index contributed by atoms with van der Waals surface area (Å²) in [4.78, 5) is 8.32. The van der Waals surface area contributed by atoms with E-state index in [0.29, 0.717) is 28.5 Å². The standard InChI is InChI=1S/C16H15N3O5S/c1-22-14-7-11-12(8-15(14)23-2)17-6-5-13(11)24-10-3-4-16(18-9-10)19-25(20)21/h3-9H,1-2H3,(H,18,19)(H,20,21). The summed E-state index contributed by atoms with van der Waals surface area (Å²) in [6.07, 6.45) is 3.07. The topological polar surface area (TPSA) is 103 Å². The fourth-order valence-corrected chi connectivity index (χ4v) is 2.55. The van der Waals surface area contributed by atoms with Crippen LogP contribution in [0.5, 0.6) is 23.0 Å². The van der Waals surface area contributed by atoms with Crippen LogP contribution in [0.15, 0.2) is 42.7 Å². The van der Waals surface area contributed by atoms with Gasteiger partial charge in [0.15, 0.2) is 11.5 Å². The summed E-state index contributed by atoms with van der Waals surface area (Å²) in [6.45, 7) is 0. The van der Waals surface area contributed by atoms with E-state index in [-0.39, 0.29) is 5.82 Å². The lowest BCUT2D eigenvalue weighted by molar-refractivity contribution is 0.355. The van der Waals surface area contributed by atoms with Gasteiger partial charge in [-0.05, 0) is 24.3 Å². The van der Waals surface area contributed by atoms with Crippen LogP contribution in [0.25, 0.3) is 10.9 Å². The Labute approximate surface area is 146 Å². The zero-order valence-corrected chi connectivity index (χ0v) is 14.2. The van der Waals surface area contributed by atoms with Crippen LogP contribution < -0.4 is 18.9 Å². The zero-order chi connectivity index (χ0) is 17.8. The Kier molecular flexibility index (Phi) is 4.96. The molecule has 0 amide bonds. The Hall–Kier alpha value is -2.91. The number of methoxy groups -OCH3 is 2. The number of benzene rings is 1. The number of hydrogen-bond acceptors (Lipinski definition) is 6. The van der Waals surface area contributed by atoms with E-state index in [0.717, 1.165) is 5.39 Å². The maximum Gasteiger partial charge on any atom is 0.260 e. The van der Waals surface area contributed by atoms with Crippen molar-refractivity contribution < 1.29 is 23.0 Å². The van der Waals surface area contributed by atoms with Gasteiger partial charge in [0.05, 0.1) is 25.9 Å². The highest BCUT2D eigenvalue weighted by Gasteiger charge is 2.11. The van der Waals surface area contributed by atoms with Crippen LogP contribution in [0.2, 0.25) is 0 Å². The number of nitrogens with zero attached hydrogens (tertiary/aromatic N) is 2. The normalized spacial score (nSPS) is 11.8. The lowest BCUT2D eigenvalue weighted by Crippen LogP contribution is -2.03. The first-order valence-electron chi connectivity index (χ1n) is 7.13. The number of anilines is 1. The number of fused-ring (bicyclic) bond motifs is 1. The molecule has 0 aliphatic heterocycles. The van der Waals surface area contributed by atoms with E-state index in [2.05, 4.69) is 14.7 Å². The predicted octanol–water partition coefficient (Wildman–Crippen LogP) is 2.99. The first kappa shape index (κ1) is 16.9. The van der Waals surface area contributed by atoms with E-state index in [9.17, 15) is 4.21 Å². The van der Waals surface area contributed by atoms with Gasteiger partial charge < -0.3 is 14.2 Å². The molecule has 0 radical (unpaired) electrons. The number of ether oxygens (including phenoxy) is 3. The van der Waals surface area contributed by atoms with Crippen LogP contribution in [0, 0.1) is 0 Å². The monoisotopic (exact) mass is 361 g/mol. The maximum absolute atomic E-state index is 10.7. The molecule has 2 N–H and O–H groups in total. The molecule has 0 bridgehead atoms. The summed E-state index contributed by atoms with van der Waals surface area (Å²) in [5.74, 6) is 2.44. The van der Waals surface area contributed by atoms with Gasteiger partial charge in [0.25, 0.3) is 11.3 Å². The first-order chi connectivity index (χ1) is 12.1. The van der Waals surface area contributed by atoms with Gasteiger partial charge in [0.1, 0.15) is 17.3 Å². The molecule has 2 heterocycles. The van der Waals surface area contributed by atoms with E-state index < -0.39 is 11.3 Å². The number of pyridine rings is 2. The van der Waals surface area contributed by atoms with Crippen molar-refractivity contribution in [1.82, 2.24) is 9.97 Å². The molecule has 0 fully saturated rings. The average molecular weight is 361 g/mol. The molecular formula is C16H15N3O5S. The van der Waals surface area contributed by atoms with Crippen LogP contribution in [0.1, 0.15) is 0 Å². The largest absolute Gasteiger partial charge is 0.493 e. The van der Waals surface area contributed by atoms with Gasteiger partial charge in [-0.3, -0.25) is 14.3 Å². The Balaban J connectivity index is 1.94. The molecule has 1 aromatic carbocycles. The molecule has 3 aromatic rings. The SMILES string of the molecule is COc1cc2nccc(Oc3ccc(NS(=O)O)nc3)c2cc1OC. The third-order valence-corrected chi connectivity index (χ3v) is 3.75. The van der Waals surface area contributed by atoms with Crippen molar-refractivity contribution in [1.29, 1.82) is 0 Å². The predicted molar refractivity (Wildman–Crippen MR) is 93.6 cm³/mol. The molecule has 2 aromatic heterocycles. The van der Waals surface area contributed by atoms with E-state index in [1.165, 1.54) is 12.3 Å². The molecule has 0 aliphatic carbocycles. The highest BCUT2D eigenvalue weighted by molar-refractivity contribution is 7.80. The minimum absolute atomic E-state index is 0.263. The average Bonchev–Trinajstić information content (AvgIpc) is 2.62. The summed E-state index contributed by atoms with van der Waals surface area (Å²) in [5, 5.41) is 0.749. The van der Waals surface area contributed by atoms with Crippen molar-refractivity contribution in [2.45, 2.75) is 0 Å². The van der Waals surface area contributed by atoms with Crippen LogP contribution in [0.3, 0.4) is 0 Å². The number of nitrogens with one attached hydrogen (secondary N) is 1. The molecular weight excluding hydrogens is 346 g/mol. The van der Waals surface area contributed by atoms with Crippen molar-refractivity contribution in [3.8, 4) is 23.0 Å². The van der Waals surface area contributed by atoms with E-state index >= 15 is 0 Å². The van der Waals surface area contributed by atoms with Gasteiger partial charge in [-0.25, -0.2) is 9.19 Å². The van der Waals surface area contributed by atoms with E-state index in [1.54, 1.807) is 44.7 Å². The molecule has 1 atom stereocenters. The third kappa shape index (κ3) is 3.78. The van der Waals surface area contributed by atoms with Gasteiger partial charge in [-0.15, -0.1) is 0 Å². The van der Waals surface area contributed by atoms with Crippen molar-refractivity contribution in [3.05, 3.63) is 42.7 Å². The Morgan fingerprint density at radius 1 is 1.04 bits per heavy atom. The van der Waals surface area contributed by atoms with Gasteiger partial charge in [0.2, 0.25) is 0 Å². The highest BCUT2D eigenvalue weighted by atomic mass is 32.2. The smallest absolute Gasteiger partial charge is 0.260 e. The Bertz CT molecular complexity index is 918. The fraction of sp³-hybridized carbons (Fsp3) is 0.125. The van der Waals surface area contributed by atoms with Crippen LogP contribution in [0.4, 0.5) is 5.82 Å². The Morgan fingerprint density at radius 2 is 1.80 bits per heavy atom. The molecule has 130 valence electrons. The first-order valence-corrected chi connectivity index (χ1v) is 8.23. The van der Waals surface area contributed by atoms with Crippen molar-refractivity contribution >= 4 is 28.0 Å². The summed E-state index contributed by atoms with van der Waals surface area (Å²) in [7, 11) is 3.12. The molecule has 0 spiro atoms. The minimum atomic E-state index is -2.17. The summed E-state index contributed by atoms with van der Waals surface area (Å²) in [6, 6.07) is 8.45. The van der Waals surface area contributed by atoms with Crippen LogP contribution in [-0.2, 0) is 11.3 Å². The molecule has 0 aliphatic rings. The number of hydrogen-bond donors (Lipinski definition) is 2. The number of aromatic nitrogens is 2. The minimum Gasteiger partial charge on any atom is -0.493 e. The van der Waals surface area contributed by atoms with Gasteiger partial charge in [-0.1, -0.05) is 0 Å². The molecule has 25 heavy (non-hydrogen) atoms. The van der Waals surface area contributed by atoms with Crippen molar-refractivity contribution in [2.24, 2.45) is 0 Å². The second-order valence-corrected chi connectivity index (χ2v) is 5.57. The third-order valence-electron chi connectivity index (χ3n) is 3.36. The van der Waals surface area contributed by atoms with Crippen LogP contribution in [-0.4, -0.2) is 32.9 Å². The fourth-order valence-electron chi connectivity index (χ4n) is 2.25. The van der Waals surface area contributed by atoms with Crippen molar-refractivity contribution in [2.75, 3.05) is 18.9 Å². The van der Waals surface area contributed by atoms with Gasteiger partial charge in [-0.2, -0.15) is 0 Å². The zero-order valence-electron chi connectivity index (χ0n) is 13.4. The second kappa shape index (κ2) is 7.32. The van der Waals surface area contributed by atoms with Gasteiger partial charge in [0, 0.05) is 17.6 Å². The van der Waals surface area contributed by atoms with Gasteiger partial charge >= 0.3 is 0 Å². The highest BCUT2D eigenvalue weighted by Crippen LogP contribution is 2.36. The van der Waals surface area contributed by atoms with Crippen molar-refractivity contribution in [3.63, 3.8) is 0 Å². The summed E-state index contributed by atoms with van der Waals surface area (Å²) < 4.78 is 38.2. The quantitative estimate of drug-likeness (QED) is 0.651. The molecule has 0 saturated heterocycles. The molecule has 1 unspecified atom stereocenters. The van der Waals surface area contributed by atoms with Crippen LogP contribution >= 0.6 is 0 Å². The Morgan fingerprint density at radius 3 is 2.44 bits per heavy atom. The lowest BCUT2D eigenvalue weighted by atomic mass is 10.2. The maximum atomic E-state index is 10.7. The molecule has 8 nitrogen and oxygen atoms in total. The summed E-state index contributed by atoms with van der Waals surface area (Å²) in [5.41, 5.74) is 0.692. The lowest BCUT2D eigenvalue weighted by Gasteiger charge is -2.12. The van der Waals surface area contributed by atoms with E-state index in [1.807, 2.05) is 0 Å². The molecule has 9 heteroatoms. The molecule has 3 rings (SSSR count). The summed E-state index contributed by atoms with van der Waals surface area (Å²) >= 11 is -2.17. The van der Waals surface area contributed by atoms with E-state index in [4.69, 9.17) is 18.8 Å². The molecule has 0 saturated carbocycles. The number of rotatable bonds is 6. The second-order valence-electron chi connectivity index (χ2n) is 4.87.